The van der Waals surface area contributed by atoms with Crippen LogP contribution in [0.15, 0.2) is 23.4 Å². The third kappa shape index (κ3) is 1.39. The Morgan fingerprint density at radius 1 is 1.50 bits per heavy atom. The van der Waals surface area contributed by atoms with Crippen LogP contribution in [-0.4, -0.2) is 25.0 Å². The van der Waals surface area contributed by atoms with Gasteiger partial charge in [-0.15, -0.1) is 0 Å². The Hall–Kier alpha value is -0.760. The van der Waals surface area contributed by atoms with Gasteiger partial charge in [0.1, 0.15) is 0 Å². The topological polar surface area (TPSA) is 29.3 Å². The molecule has 0 saturated heterocycles. The van der Waals surface area contributed by atoms with Crippen LogP contribution in [-0.2, 0) is 0 Å². The first-order valence-electron chi connectivity index (χ1n) is 3.49. The van der Waals surface area contributed by atoms with Gasteiger partial charge in [0.15, 0.2) is 0 Å². The number of likely N-dealkylation sites (N-methyl/N-ethyl adjacent to an activating group) is 1. The van der Waals surface area contributed by atoms with Gasteiger partial charge < -0.3 is 5.73 Å². The standard InChI is InChI=1S/C8H14N2/c1-7-5-10(2)6-8(7)3-4-9/h3-4H,5-6,9H2,1-2H3/b4-3-. The predicted octanol–water partition coefficient (Wildman–Crippen LogP) is 0.721. The number of nitrogens with two attached hydrogens (primary N) is 1. The second-order valence-corrected chi connectivity index (χ2v) is 2.84. The second-order valence-electron chi connectivity index (χ2n) is 2.84. The van der Waals surface area contributed by atoms with Gasteiger partial charge >= 0.3 is 0 Å². The average Bonchev–Trinajstić information content (AvgIpc) is 2.13. The van der Waals surface area contributed by atoms with Crippen LogP contribution in [0.3, 0.4) is 0 Å². The van der Waals surface area contributed by atoms with Gasteiger partial charge in [-0.3, -0.25) is 4.90 Å². The van der Waals surface area contributed by atoms with Crippen LogP contribution in [0.4, 0.5) is 0 Å². The van der Waals surface area contributed by atoms with Crippen LogP contribution in [0.2, 0.25) is 0 Å². The van der Waals surface area contributed by atoms with Crippen molar-refractivity contribution in [3.05, 3.63) is 23.4 Å². The first-order chi connectivity index (χ1) is 4.74. The van der Waals surface area contributed by atoms with Crippen molar-refractivity contribution in [2.45, 2.75) is 6.92 Å². The molecule has 1 heterocycles. The molecule has 0 aromatic carbocycles. The molecule has 2 nitrogen and oxygen atoms in total. The average molecular weight is 138 g/mol. The monoisotopic (exact) mass is 138 g/mol. The van der Waals surface area contributed by atoms with E-state index in [1.54, 1.807) is 6.20 Å². The Bertz CT molecular complexity index is 180. The molecule has 2 N–H and O–H groups in total. The molecule has 0 saturated carbocycles. The normalized spacial score (nSPS) is 21.4. The zero-order chi connectivity index (χ0) is 7.56. The molecule has 10 heavy (non-hydrogen) atoms. The van der Waals surface area contributed by atoms with E-state index in [1.165, 1.54) is 11.1 Å². The Morgan fingerprint density at radius 3 is 2.60 bits per heavy atom. The molecular weight excluding hydrogens is 124 g/mol. The van der Waals surface area contributed by atoms with Gasteiger partial charge in [0.2, 0.25) is 0 Å². The van der Waals surface area contributed by atoms with Crippen molar-refractivity contribution < 1.29 is 0 Å². The van der Waals surface area contributed by atoms with Gasteiger partial charge in [-0.25, -0.2) is 0 Å². The summed E-state index contributed by atoms with van der Waals surface area (Å²) < 4.78 is 0. The van der Waals surface area contributed by atoms with Gasteiger partial charge in [-0.05, 0) is 31.8 Å². The second kappa shape index (κ2) is 2.88. The zero-order valence-electron chi connectivity index (χ0n) is 6.59. The maximum absolute atomic E-state index is 5.28. The SMILES string of the molecule is CC1=C(/C=C\N)CN(C)C1. The first kappa shape index (κ1) is 7.35. The van der Waals surface area contributed by atoms with Crippen LogP contribution in [0.5, 0.6) is 0 Å². The highest BCUT2D eigenvalue weighted by Crippen LogP contribution is 2.15. The number of nitrogens with zero attached hydrogens (tertiary/aromatic N) is 1. The van der Waals surface area contributed by atoms with E-state index in [-0.39, 0.29) is 0 Å². The van der Waals surface area contributed by atoms with Gasteiger partial charge in [0.05, 0.1) is 0 Å². The molecule has 1 rings (SSSR count). The Kier molecular flexibility index (Phi) is 2.12. The molecule has 1 aliphatic heterocycles. The molecule has 0 aliphatic carbocycles. The van der Waals surface area contributed by atoms with Crippen molar-refractivity contribution >= 4 is 0 Å². The lowest BCUT2D eigenvalue weighted by Crippen LogP contribution is -2.14. The fourth-order valence-corrected chi connectivity index (χ4v) is 1.30. The van der Waals surface area contributed by atoms with E-state index in [0.717, 1.165) is 13.1 Å². The molecular formula is C8H14N2. The summed E-state index contributed by atoms with van der Waals surface area (Å²) >= 11 is 0. The highest BCUT2D eigenvalue weighted by Gasteiger charge is 2.12. The van der Waals surface area contributed by atoms with E-state index < -0.39 is 0 Å². The summed E-state index contributed by atoms with van der Waals surface area (Å²) in [4.78, 5) is 2.27. The minimum atomic E-state index is 1.04. The maximum Gasteiger partial charge on any atom is 0.0234 e. The lowest BCUT2D eigenvalue weighted by Gasteiger charge is -2.04. The summed E-state index contributed by atoms with van der Waals surface area (Å²) in [5.74, 6) is 0. The molecule has 1 aliphatic rings. The van der Waals surface area contributed by atoms with Crippen LogP contribution < -0.4 is 5.73 Å². The highest BCUT2D eigenvalue weighted by atomic mass is 15.1. The van der Waals surface area contributed by atoms with Crippen molar-refractivity contribution in [2.75, 3.05) is 20.1 Å². The van der Waals surface area contributed by atoms with Crippen molar-refractivity contribution in [3.8, 4) is 0 Å². The van der Waals surface area contributed by atoms with Crippen LogP contribution in [0, 0.1) is 0 Å². The maximum atomic E-state index is 5.28. The van der Waals surface area contributed by atoms with Gasteiger partial charge in [-0.2, -0.15) is 0 Å². The fourth-order valence-electron chi connectivity index (χ4n) is 1.30. The molecule has 0 unspecified atom stereocenters. The zero-order valence-corrected chi connectivity index (χ0v) is 6.59. The predicted molar refractivity (Wildman–Crippen MR) is 43.5 cm³/mol. The number of rotatable bonds is 1. The summed E-state index contributed by atoms with van der Waals surface area (Å²) in [7, 11) is 2.11. The molecule has 0 bridgehead atoms. The summed E-state index contributed by atoms with van der Waals surface area (Å²) in [5.41, 5.74) is 8.08. The summed E-state index contributed by atoms with van der Waals surface area (Å²) in [5, 5.41) is 0. The minimum absolute atomic E-state index is 1.04. The molecule has 0 atom stereocenters. The lowest BCUT2D eigenvalue weighted by atomic mass is 10.2. The smallest absolute Gasteiger partial charge is 0.0234 e. The van der Waals surface area contributed by atoms with E-state index in [2.05, 4.69) is 18.9 Å². The van der Waals surface area contributed by atoms with E-state index >= 15 is 0 Å². The quantitative estimate of drug-likeness (QED) is 0.578. The van der Waals surface area contributed by atoms with Gasteiger partial charge in [-0.1, -0.05) is 5.57 Å². The number of hydrogen-bond acceptors (Lipinski definition) is 2. The molecule has 2 heteroatoms. The van der Waals surface area contributed by atoms with Crippen LogP contribution >= 0.6 is 0 Å². The molecule has 0 amide bonds. The Balaban J connectivity index is 2.66. The van der Waals surface area contributed by atoms with Crippen molar-refractivity contribution in [1.82, 2.24) is 4.90 Å². The largest absolute Gasteiger partial charge is 0.405 e. The fraction of sp³-hybridized carbons (Fsp3) is 0.500. The molecule has 0 spiro atoms. The summed E-state index contributed by atoms with van der Waals surface area (Å²) in [6.07, 6.45) is 3.59. The molecule has 0 fully saturated rings. The Labute approximate surface area is 62.0 Å². The van der Waals surface area contributed by atoms with Crippen molar-refractivity contribution in [1.29, 1.82) is 0 Å². The van der Waals surface area contributed by atoms with Crippen molar-refractivity contribution in [2.24, 2.45) is 5.73 Å². The molecule has 56 valence electrons. The molecule has 0 radical (unpaired) electrons. The lowest BCUT2D eigenvalue weighted by molar-refractivity contribution is 0.426. The van der Waals surface area contributed by atoms with Crippen LogP contribution in [0.25, 0.3) is 0 Å². The molecule has 0 aromatic heterocycles. The van der Waals surface area contributed by atoms with E-state index in [0.29, 0.717) is 0 Å². The Morgan fingerprint density at radius 2 is 2.20 bits per heavy atom. The summed E-state index contributed by atoms with van der Waals surface area (Å²) in [6, 6.07) is 0. The molecule has 0 aromatic rings. The third-order valence-corrected chi connectivity index (χ3v) is 1.79. The third-order valence-electron chi connectivity index (χ3n) is 1.79. The highest BCUT2D eigenvalue weighted by molar-refractivity contribution is 5.30. The van der Waals surface area contributed by atoms with Crippen LogP contribution in [0.1, 0.15) is 6.92 Å². The minimum Gasteiger partial charge on any atom is -0.405 e. The number of hydrogen-bond donors (Lipinski definition) is 1. The van der Waals surface area contributed by atoms with Gasteiger partial charge in [0.25, 0.3) is 0 Å². The van der Waals surface area contributed by atoms with E-state index in [4.69, 9.17) is 5.73 Å². The van der Waals surface area contributed by atoms with Gasteiger partial charge in [0, 0.05) is 13.1 Å². The van der Waals surface area contributed by atoms with E-state index in [9.17, 15) is 0 Å². The first-order valence-corrected chi connectivity index (χ1v) is 3.49. The van der Waals surface area contributed by atoms with Crippen molar-refractivity contribution in [3.63, 3.8) is 0 Å². The van der Waals surface area contributed by atoms with E-state index in [1.807, 2.05) is 6.08 Å². The summed E-state index contributed by atoms with van der Waals surface area (Å²) in [6.45, 7) is 4.28.